The number of rotatable bonds is 5. The number of carbonyl (C=O) groups is 1. The number of anilines is 1. The van der Waals surface area contributed by atoms with Gasteiger partial charge in [0.25, 0.3) is 0 Å². The molecule has 0 aliphatic rings. The Bertz CT molecular complexity index is 884. The van der Waals surface area contributed by atoms with Crippen LogP contribution in [0.5, 0.6) is 0 Å². The molecular weight excluding hydrogens is 337 g/mol. The number of amides is 1. The summed E-state index contributed by atoms with van der Waals surface area (Å²) in [5, 5.41) is 11.6. The summed E-state index contributed by atoms with van der Waals surface area (Å²) in [7, 11) is 0. The summed E-state index contributed by atoms with van der Waals surface area (Å²) in [5.41, 5.74) is 3.12. The van der Waals surface area contributed by atoms with Crippen LogP contribution >= 0.6 is 11.8 Å². The van der Waals surface area contributed by atoms with Gasteiger partial charge in [0.15, 0.2) is 0 Å². The Balaban J connectivity index is 1.60. The Labute approximate surface area is 149 Å². The van der Waals surface area contributed by atoms with Gasteiger partial charge in [0.2, 0.25) is 5.91 Å². The summed E-state index contributed by atoms with van der Waals surface area (Å²) in [6.07, 6.45) is 0. The Kier molecular flexibility index (Phi) is 5.40. The van der Waals surface area contributed by atoms with E-state index in [1.807, 2.05) is 43.3 Å². The Hall–Kier alpha value is -2.73. The molecule has 0 aliphatic heterocycles. The van der Waals surface area contributed by atoms with Crippen LogP contribution < -0.4 is 5.32 Å². The van der Waals surface area contributed by atoms with Crippen molar-refractivity contribution in [3.8, 4) is 11.3 Å². The van der Waals surface area contributed by atoms with Crippen LogP contribution in [0.25, 0.3) is 11.3 Å². The molecule has 0 saturated heterocycles. The Morgan fingerprint density at radius 3 is 2.52 bits per heavy atom. The molecule has 1 heterocycles. The minimum atomic E-state index is -0.455. The van der Waals surface area contributed by atoms with E-state index in [4.69, 9.17) is 0 Å². The van der Waals surface area contributed by atoms with Crippen LogP contribution in [0.4, 0.5) is 10.1 Å². The van der Waals surface area contributed by atoms with Gasteiger partial charge in [-0.05, 0) is 36.8 Å². The molecule has 126 valence electrons. The van der Waals surface area contributed by atoms with E-state index >= 15 is 0 Å². The number of benzene rings is 2. The van der Waals surface area contributed by atoms with Crippen molar-refractivity contribution in [3.63, 3.8) is 0 Å². The van der Waals surface area contributed by atoms with Crippen molar-refractivity contribution >= 4 is 23.4 Å². The number of thioether (sulfide) groups is 1. The first-order valence-corrected chi connectivity index (χ1v) is 8.69. The first-order valence-electron chi connectivity index (χ1n) is 7.70. The number of hydrogen-bond donors (Lipinski definition) is 1. The number of nitrogens with one attached hydrogen (secondary N) is 1. The van der Waals surface area contributed by atoms with Gasteiger partial charge >= 0.3 is 0 Å². The molecule has 25 heavy (non-hydrogen) atoms. The number of nitrogens with zero attached hydrogens (tertiary/aromatic N) is 2. The van der Waals surface area contributed by atoms with Gasteiger partial charge < -0.3 is 5.32 Å². The molecule has 0 saturated carbocycles. The molecule has 1 aromatic heterocycles. The fourth-order valence-electron chi connectivity index (χ4n) is 2.29. The van der Waals surface area contributed by atoms with Gasteiger partial charge in [0.1, 0.15) is 10.8 Å². The molecule has 1 amide bonds. The van der Waals surface area contributed by atoms with Crippen LogP contribution in [0, 0.1) is 12.7 Å². The summed E-state index contributed by atoms with van der Waals surface area (Å²) in [5.74, 6) is -0.615. The monoisotopic (exact) mass is 353 g/mol. The molecule has 4 nitrogen and oxygen atoms in total. The lowest BCUT2D eigenvalue weighted by atomic mass is 10.1. The first-order chi connectivity index (χ1) is 12.1. The lowest BCUT2D eigenvalue weighted by molar-refractivity contribution is -0.113. The molecule has 0 aliphatic carbocycles. The highest BCUT2D eigenvalue weighted by Crippen LogP contribution is 2.22. The standard InChI is InChI=1S/C19H16FN3OS/c1-13-6-2-3-7-14(13)16-10-11-19(23-22-16)25-12-18(24)21-17-9-5-4-8-15(17)20/h2-11H,12H2,1H3,(H,21,24). The highest BCUT2D eigenvalue weighted by Gasteiger charge is 2.09. The third-order valence-electron chi connectivity index (χ3n) is 3.56. The molecule has 1 N–H and O–H groups in total. The van der Waals surface area contributed by atoms with E-state index in [-0.39, 0.29) is 17.3 Å². The molecular formula is C19H16FN3OS. The van der Waals surface area contributed by atoms with Crippen LogP contribution in [0.2, 0.25) is 0 Å². The molecule has 0 radical (unpaired) electrons. The second kappa shape index (κ2) is 7.90. The molecule has 3 aromatic rings. The molecule has 2 aromatic carbocycles. The van der Waals surface area contributed by atoms with Gasteiger partial charge in [-0.2, -0.15) is 0 Å². The van der Waals surface area contributed by atoms with Crippen LogP contribution in [0.1, 0.15) is 5.56 Å². The minimum absolute atomic E-state index is 0.132. The van der Waals surface area contributed by atoms with E-state index in [2.05, 4.69) is 15.5 Å². The molecule has 3 rings (SSSR count). The van der Waals surface area contributed by atoms with Crippen molar-refractivity contribution in [1.82, 2.24) is 10.2 Å². The molecule has 0 unspecified atom stereocenters. The van der Waals surface area contributed by atoms with Crippen LogP contribution in [-0.4, -0.2) is 21.9 Å². The lowest BCUT2D eigenvalue weighted by Gasteiger charge is -2.06. The van der Waals surface area contributed by atoms with Gasteiger partial charge in [-0.25, -0.2) is 4.39 Å². The number of carbonyl (C=O) groups excluding carboxylic acids is 1. The van der Waals surface area contributed by atoms with Crippen molar-refractivity contribution in [2.75, 3.05) is 11.1 Å². The number of aromatic nitrogens is 2. The van der Waals surface area contributed by atoms with Gasteiger partial charge in [-0.3, -0.25) is 4.79 Å². The summed E-state index contributed by atoms with van der Waals surface area (Å²) in [6, 6.07) is 17.7. The molecule has 0 spiro atoms. The van der Waals surface area contributed by atoms with Crippen LogP contribution in [0.3, 0.4) is 0 Å². The van der Waals surface area contributed by atoms with Crippen molar-refractivity contribution in [1.29, 1.82) is 0 Å². The zero-order chi connectivity index (χ0) is 17.6. The average Bonchev–Trinajstić information content (AvgIpc) is 2.63. The van der Waals surface area contributed by atoms with Crippen molar-refractivity contribution in [3.05, 3.63) is 72.0 Å². The predicted molar refractivity (Wildman–Crippen MR) is 98.0 cm³/mol. The Morgan fingerprint density at radius 1 is 1.04 bits per heavy atom. The molecule has 0 bridgehead atoms. The second-order valence-electron chi connectivity index (χ2n) is 5.39. The van der Waals surface area contributed by atoms with Crippen molar-refractivity contribution in [2.45, 2.75) is 11.9 Å². The normalized spacial score (nSPS) is 10.5. The SMILES string of the molecule is Cc1ccccc1-c1ccc(SCC(=O)Nc2ccccc2F)nn1. The first kappa shape index (κ1) is 17.1. The third kappa shape index (κ3) is 4.42. The molecule has 6 heteroatoms. The van der Waals surface area contributed by atoms with E-state index < -0.39 is 5.82 Å². The largest absolute Gasteiger partial charge is 0.323 e. The highest BCUT2D eigenvalue weighted by molar-refractivity contribution is 7.99. The maximum atomic E-state index is 13.5. The quantitative estimate of drug-likeness (QED) is 0.694. The maximum absolute atomic E-state index is 13.5. The number of hydrogen-bond acceptors (Lipinski definition) is 4. The zero-order valence-electron chi connectivity index (χ0n) is 13.6. The fourth-order valence-corrected chi connectivity index (χ4v) is 2.90. The second-order valence-corrected chi connectivity index (χ2v) is 6.38. The number of aryl methyl sites for hydroxylation is 1. The molecule has 0 fully saturated rings. The fraction of sp³-hybridized carbons (Fsp3) is 0.105. The number of para-hydroxylation sites is 1. The topological polar surface area (TPSA) is 54.9 Å². The maximum Gasteiger partial charge on any atom is 0.234 e. The van der Waals surface area contributed by atoms with E-state index in [0.29, 0.717) is 5.03 Å². The van der Waals surface area contributed by atoms with Crippen molar-refractivity contribution in [2.24, 2.45) is 0 Å². The third-order valence-corrected chi connectivity index (χ3v) is 4.48. The summed E-state index contributed by atoms with van der Waals surface area (Å²) in [4.78, 5) is 11.9. The van der Waals surface area contributed by atoms with Gasteiger partial charge in [-0.15, -0.1) is 10.2 Å². The number of halogens is 1. The van der Waals surface area contributed by atoms with E-state index in [1.54, 1.807) is 12.1 Å². The summed E-state index contributed by atoms with van der Waals surface area (Å²) in [6.45, 7) is 2.02. The van der Waals surface area contributed by atoms with Crippen LogP contribution in [0.15, 0.2) is 65.7 Å². The zero-order valence-corrected chi connectivity index (χ0v) is 14.4. The average molecular weight is 353 g/mol. The smallest absolute Gasteiger partial charge is 0.234 e. The summed E-state index contributed by atoms with van der Waals surface area (Å²) < 4.78 is 13.5. The van der Waals surface area contributed by atoms with E-state index in [0.717, 1.165) is 16.8 Å². The van der Waals surface area contributed by atoms with Crippen molar-refractivity contribution < 1.29 is 9.18 Å². The van der Waals surface area contributed by atoms with E-state index in [9.17, 15) is 9.18 Å². The van der Waals surface area contributed by atoms with Gasteiger partial charge in [0.05, 0.1) is 17.1 Å². The summed E-state index contributed by atoms with van der Waals surface area (Å²) >= 11 is 1.25. The Morgan fingerprint density at radius 2 is 1.80 bits per heavy atom. The predicted octanol–water partition coefficient (Wildman–Crippen LogP) is 4.32. The van der Waals surface area contributed by atoms with Crippen LogP contribution in [-0.2, 0) is 4.79 Å². The lowest BCUT2D eigenvalue weighted by Crippen LogP contribution is -2.15. The minimum Gasteiger partial charge on any atom is -0.323 e. The highest BCUT2D eigenvalue weighted by atomic mass is 32.2. The van der Waals surface area contributed by atoms with Gasteiger partial charge in [-0.1, -0.05) is 48.2 Å². The van der Waals surface area contributed by atoms with E-state index in [1.165, 1.54) is 23.9 Å². The van der Waals surface area contributed by atoms with Gasteiger partial charge in [0, 0.05) is 5.56 Å². The molecule has 0 atom stereocenters.